The smallest absolute Gasteiger partial charge is 0.278 e. The fourth-order valence-electron chi connectivity index (χ4n) is 6.00. The van der Waals surface area contributed by atoms with E-state index in [9.17, 15) is 23.1 Å². The average molecular weight is 550 g/mol. The topological polar surface area (TPSA) is 90.1 Å². The van der Waals surface area contributed by atoms with Crippen molar-refractivity contribution in [2.75, 3.05) is 40.9 Å². The number of carbonyl (C=O) groups is 1. The lowest BCUT2D eigenvalue weighted by Gasteiger charge is -2.29. The van der Waals surface area contributed by atoms with Crippen LogP contribution in [0.1, 0.15) is 40.5 Å². The third kappa shape index (κ3) is 4.14. The third-order valence-corrected chi connectivity index (χ3v) is 8.00. The summed E-state index contributed by atoms with van der Waals surface area (Å²) in [6.45, 7) is 1.64. The van der Waals surface area contributed by atoms with E-state index in [0.717, 1.165) is 36.0 Å². The van der Waals surface area contributed by atoms with Crippen LogP contribution in [0.5, 0.6) is 0 Å². The first-order valence-electron chi connectivity index (χ1n) is 13.3. The zero-order valence-electron chi connectivity index (χ0n) is 21.4. The van der Waals surface area contributed by atoms with Crippen molar-refractivity contribution in [3.05, 3.63) is 77.2 Å². The molecule has 40 heavy (non-hydrogen) atoms. The maximum absolute atomic E-state index is 14.6. The highest BCUT2D eigenvalue weighted by molar-refractivity contribution is 6.06. The number of β-amino-alcohol motifs (C(OH)–C–C–N with tert-alkyl or cyclic N) is 1. The van der Waals surface area contributed by atoms with Crippen LogP contribution in [-0.4, -0.2) is 69.1 Å². The number of nitrogens with zero attached hydrogens (tertiary/aromatic N) is 7. The number of carbonyl (C=O) groups excluding carboxylic acids is 1. The number of hydrogen-bond acceptors (Lipinski definition) is 7. The highest BCUT2D eigenvalue weighted by Gasteiger charge is 2.37. The summed E-state index contributed by atoms with van der Waals surface area (Å²) in [4.78, 5) is 27.7. The molecular formula is C28H26F3N7O2. The molecule has 0 aliphatic carbocycles. The molecule has 1 N–H and O–H groups in total. The Morgan fingerprint density at radius 3 is 2.70 bits per heavy atom. The first kappa shape index (κ1) is 24.8. The van der Waals surface area contributed by atoms with Crippen LogP contribution in [0.4, 0.5) is 30.5 Å². The maximum Gasteiger partial charge on any atom is 0.278 e. The standard InChI is InChI=1S/C28H26F3N7O2/c29-17-1-2-22(31)21(10-17)23-11-18(30)14-37(23)25-4-3-24-32-13-26(38(24)34-25)36-8-5-16-9-19(12-33-27(16)28(36)40)35-7-6-20(39)15-35/h1-4,9-10,12-13,18,20,23,39H,5-8,11,14-15H2/t18-,20-,23+/m0/s1. The second-order valence-electron chi connectivity index (χ2n) is 10.5. The molecule has 9 nitrogen and oxygen atoms in total. The molecule has 206 valence electrons. The van der Waals surface area contributed by atoms with E-state index in [1.807, 2.05) is 6.07 Å². The van der Waals surface area contributed by atoms with Crippen LogP contribution < -0.4 is 14.7 Å². The van der Waals surface area contributed by atoms with Gasteiger partial charge in [-0.2, -0.15) is 4.52 Å². The summed E-state index contributed by atoms with van der Waals surface area (Å²) in [5.74, 6) is -0.690. The number of pyridine rings is 1. The van der Waals surface area contributed by atoms with E-state index in [0.29, 0.717) is 48.9 Å². The second-order valence-corrected chi connectivity index (χ2v) is 10.5. The number of hydrogen-bond donors (Lipinski definition) is 1. The molecule has 2 fully saturated rings. The normalized spacial score (nSPS) is 22.9. The molecule has 0 spiro atoms. The molecule has 6 heterocycles. The number of halogens is 3. The second kappa shape index (κ2) is 9.47. The average Bonchev–Trinajstić information content (AvgIpc) is 3.68. The van der Waals surface area contributed by atoms with Crippen molar-refractivity contribution in [2.45, 2.75) is 37.6 Å². The van der Waals surface area contributed by atoms with Crippen molar-refractivity contribution in [1.82, 2.24) is 19.6 Å². The zero-order valence-corrected chi connectivity index (χ0v) is 21.4. The molecule has 3 aliphatic rings. The highest BCUT2D eigenvalue weighted by Crippen LogP contribution is 2.38. The molecule has 0 radical (unpaired) electrons. The fourth-order valence-corrected chi connectivity index (χ4v) is 6.00. The van der Waals surface area contributed by atoms with Gasteiger partial charge in [-0.25, -0.2) is 23.1 Å². The number of anilines is 3. The number of fused-ring (bicyclic) bond motifs is 2. The van der Waals surface area contributed by atoms with E-state index in [2.05, 4.69) is 20.0 Å². The Kier molecular flexibility index (Phi) is 5.88. The van der Waals surface area contributed by atoms with Gasteiger partial charge >= 0.3 is 0 Å². The maximum atomic E-state index is 14.6. The number of rotatable bonds is 4. The minimum absolute atomic E-state index is 0.00230. The molecule has 0 bridgehead atoms. The van der Waals surface area contributed by atoms with Crippen molar-refractivity contribution in [3.63, 3.8) is 0 Å². The SMILES string of the molecule is O=C1c2ncc(N3CC[C@H](O)C3)cc2CCN1c1cnc2ccc(N3C[C@@H](F)C[C@@H]3c3cc(F)ccc3F)nn12. The number of imidazole rings is 1. The van der Waals surface area contributed by atoms with Gasteiger partial charge in [-0.1, -0.05) is 0 Å². The first-order valence-corrected chi connectivity index (χ1v) is 13.3. The van der Waals surface area contributed by atoms with Crippen molar-refractivity contribution < 1.29 is 23.1 Å². The predicted octanol–water partition coefficient (Wildman–Crippen LogP) is 3.47. The molecule has 7 rings (SSSR count). The summed E-state index contributed by atoms with van der Waals surface area (Å²) in [5.41, 5.74) is 2.64. The van der Waals surface area contributed by atoms with Crippen LogP contribution in [0, 0.1) is 11.6 Å². The van der Waals surface area contributed by atoms with Crippen LogP contribution >= 0.6 is 0 Å². The lowest BCUT2D eigenvalue weighted by Crippen LogP contribution is -2.39. The molecule has 1 aromatic carbocycles. The Balaban J connectivity index is 1.20. The quantitative estimate of drug-likeness (QED) is 0.417. The molecular weight excluding hydrogens is 523 g/mol. The monoisotopic (exact) mass is 549 g/mol. The molecule has 4 aromatic rings. The molecule has 3 aliphatic heterocycles. The summed E-state index contributed by atoms with van der Waals surface area (Å²) >= 11 is 0. The van der Waals surface area contributed by atoms with Gasteiger partial charge in [0.15, 0.2) is 11.5 Å². The van der Waals surface area contributed by atoms with Gasteiger partial charge in [-0.05, 0) is 54.8 Å². The Labute approximate surface area is 227 Å². The van der Waals surface area contributed by atoms with Gasteiger partial charge in [0.05, 0.1) is 36.8 Å². The Morgan fingerprint density at radius 2 is 1.88 bits per heavy atom. The van der Waals surface area contributed by atoms with Gasteiger partial charge in [-0.3, -0.25) is 9.69 Å². The number of aromatic nitrogens is 4. The van der Waals surface area contributed by atoms with Gasteiger partial charge in [0.2, 0.25) is 0 Å². The predicted molar refractivity (Wildman–Crippen MR) is 141 cm³/mol. The summed E-state index contributed by atoms with van der Waals surface area (Å²) in [6.07, 6.45) is 2.89. The lowest BCUT2D eigenvalue weighted by molar-refractivity contribution is 0.0974. The van der Waals surface area contributed by atoms with Crippen LogP contribution in [0.25, 0.3) is 5.65 Å². The van der Waals surface area contributed by atoms with Crippen molar-refractivity contribution in [2.24, 2.45) is 0 Å². The number of benzene rings is 1. The van der Waals surface area contributed by atoms with E-state index in [-0.39, 0.29) is 30.5 Å². The summed E-state index contributed by atoms with van der Waals surface area (Å²) in [6, 6.07) is 7.78. The van der Waals surface area contributed by atoms with Gasteiger partial charge in [0.1, 0.15) is 29.3 Å². The van der Waals surface area contributed by atoms with E-state index in [1.165, 1.54) is 4.52 Å². The van der Waals surface area contributed by atoms with Gasteiger partial charge in [-0.15, -0.1) is 5.10 Å². The van der Waals surface area contributed by atoms with E-state index >= 15 is 0 Å². The molecule has 12 heteroatoms. The highest BCUT2D eigenvalue weighted by atomic mass is 19.1. The Hall–Kier alpha value is -4.19. The van der Waals surface area contributed by atoms with E-state index in [1.54, 1.807) is 34.3 Å². The summed E-state index contributed by atoms with van der Waals surface area (Å²) < 4.78 is 44.7. The van der Waals surface area contributed by atoms with Crippen molar-refractivity contribution in [3.8, 4) is 0 Å². The van der Waals surface area contributed by atoms with Crippen molar-refractivity contribution in [1.29, 1.82) is 0 Å². The largest absolute Gasteiger partial charge is 0.391 e. The van der Waals surface area contributed by atoms with Gasteiger partial charge in [0.25, 0.3) is 5.91 Å². The first-order chi connectivity index (χ1) is 19.4. The summed E-state index contributed by atoms with van der Waals surface area (Å²) in [7, 11) is 0. The molecule has 2 saturated heterocycles. The Bertz CT molecular complexity index is 1630. The lowest BCUT2D eigenvalue weighted by atomic mass is 10.0. The van der Waals surface area contributed by atoms with E-state index < -0.39 is 23.8 Å². The van der Waals surface area contributed by atoms with Crippen LogP contribution in [-0.2, 0) is 6.42 Å². The fraction of sp³-hybridized carbons (Fsp3) is 0.357. The zero-order chi connectivity index (χ0) is 27.5. The number of alkyl halides is 1. The molecule has 3 aromatic heterocycles. The van der Waals surface area contributed by atoms with Crippen LogP contribution in [0.2, 0.25) is 0 Å². The minimum Gasteiger partial charge on any atom is -0.391 e. The molecule has 0 saturated carbocycles. The molecule has 1 amide bonds. The van der Waals surface area contributed by atoms with Gasteiger partial charge < -0.3 is 14.9 Å². The molecule has 3 atom stereocenters. The summed E-state index contributed by atoms with van der Waals surface area (Å²) in [5, 5.41) is 14.5. The van der Waals surface area contributed by atoms with E-state index in [4.69, 9.17) is 0 Å². The van der Waals surface area contributed by atoms with Gasteiger partial charge in [0, 0.05) is 31.6 Å². The Morgan fingerprint density at radius 1 is 1.00 bits per heavy atom. The minimum atomic E-state index is -1.24. The number of aliphatic hydroxyl groups is 1. The number of aliphatic hydroxyl groups excluding tert-OH is 1. The van der Waals surface area contributed by atoms with Crippen LogP contribution in [0.15, 0.2) is 48.8 Å². The van der Waals surface area contributed by atoms with Crippen LogP contribution in [0.3, 0.4) is 0 Å². The van der Waals surface area contributed by atoms with Crippen molar-refractivity contribution >= 4 is 28.9 Å². The molecule has 0 unspecified atom stereocenters. The third-order valence-electron chi connectivity index (χ3n) is 8.00. The number of amides is 1.